The van der Waals surface area contributed by atoms with Crippen molar-refractivity contribution in [1.82, 2.24) is 10.2 Å². The van der Waals surface area contributed by atoms with Gasteiger partial charge in [-0.1, -0.05) is 26.0 Å². The lowest BCUT2D eigenvalue weighted by Crippen LogP contribution is -2.39. The van der Waals surface area contributed by atoms with E-state index < -0.39 is 11.6 Å². The fraction of sp³-hybridized carbons (Fsp3) is 0.607. The van der Waals surface area contributed by atoms with Gasteiger partial charge in [-0.15, -0.1) is 0 Å². The largest absolute Gasteiger partial charge is 0.379 e. The second-order valence-corrected chi connectivity index (χ2v) is 11.1. The highest BCUT2D eigenvalue weighted by atomic mass is 16.5. The first-order chi connectivity index (χ1) is 17.2. The van der Waals surface area contributed by atoms with Crippen LogP contribution in [0.25, 0.3) is 5.57 Å². The van der Waals surface area contributed by atoms with Crippen molar-refractivity contribution in [3.8, 4) is 6.07 Å². The molecule has 1 atom stereocenters. The summed E-state index contributed by atoms with van der Waals surface area (Å²) in [5, 5.41) is 15.1. The summed E-state index contributed by atoms with van der Waals surface area (Å²) in [6.07, 6.45) is 5.35. The third-order valence-corrected chi connectivity index (χ3v) is 7.37. The maximum absolute atomic E-state index is 12.9. The van der Waals surface area contributed by atoms with Crippen molar-refractivity contribution in [2.45, 2.75) is 58.6 Å². The van der Waals surface area contributed by atoms with Gasteiger partial charge in [-0.2, -0.15) is 5.26 Å². The number of nitrogens with zero attached hydrogens (tertiary/aromatic N) is 3. The number of hydrogen-bond donors (Lipinski definition) is 2. The zero-order chi connectivity index (χ0) is 25.8. The van der Waals surface area contributed by atoms with Gasteiger partial charge in [0, 0.05) is 30.9 Å². The minimum absolute atomic E-state index is 0.210. The number of nitriles is 1. The van der Waals surface area contributed by atoms with Crippen molar-refractivity contribution < 1.29 is 14.3 Å². The molecule has 1 aromatic carbocycles. The Labute approximate surface area is 214 Å². The number of aliphatic imine (C=N–C) groups is 1. The van der Waals surface area contributed by atoms with Gasteiger partial charge in [-0.25, -0.2) is 4.99 Å². The van der Waals surface area contributed by atoms with Crippen molar-refractivity contribution in [3.63, 3.8) is 0 Å². The van der Waals surface area contributed by atoms with Crippen LogP contribution < -0.4 is 10.6 Å². The highest BCUT2D eigenvalue weighted by Crippen LogP contribution is 2.41. The SMILES string of the molecule is CC1(C)CC=C(c2cc(C(C)(C)OCCN3CCOCC3)ccc2NC(=O)C2=NC(C#N)CN2)CC1. The van der Waals surface area contributed by atoms with Crippen LogP contribution in [0.1, 0.15) is 58.1 Å². The van der Waals surface area contributed by atoms with Gasteiger partial charge in [0.15, 0.2) is 11.9 Å². The van der Waals surface area contributed by atoms with E-state index in [1.807, 2.05) is 12.1 Å². The molecule has 4 rings (SSSR count). The number of hydrogen-bond acceptors (Lipinski definition) is 7. The molecule has 8 heteroatoms. The molecule has 1 aromatic rings. The molecule has 1 unspecified atom stereocenters. The monoisotopic (exact) mass is 493 g/mol. The number of rotatable bonds is 8. The fourth-order valence-corrected chi connectivity index (χ4v) is 4.79. The third kappa shape index (κ3) is 6.52. The molecule has 0 radical (unpaired) electrons. The highest BCUT2D eigenvalue weighted by molar-refractivity contribution is 6.42. The molecule has 0 saturated carbocycles. The second-order valence-electron chi connectivity index (χ2n) is 11.1. The average molecular weight is 494 g/mol. The Hall–Kier alpha value is -2.73. The van der Waals surface area contributed by atoms with E-state index in [1.54, 1.807) is 0 Å². The van der Waals surface area contributed by atoms with Crippen LogP contribution in [-0.4, -0.2) is 68.7 Å². The first-order valence-corrected chi connectivity index (χ1v) is 13.0. The predicted octanol–water partition coefficient (Wildman–Crippen LogP) is 3.70. The van der Waals surface area contributed by atoms with E-state index in [0.717, 1.165) is 68.9 Å². The number of anilines is 1. The average Bonchev–Trinajstić information content (AvgIpc) is 3.35. The standard InChI is InChI=1S/C28H39N5O3/c1-27(2)9-7-20(8-10-27)23-17-21(28(3,4)36-16-13-33-11-14-35-15-12-33)5-6-24(23)32-26(34)25-30-19-22(18-29)31-25/h5-7,17,22H,8-16,19H2,1-4H3,(H,30,31)(H,32,34). The predicted molar refractivity (Wildman–Crippen MR) is 142 cm³/mol. The number of allylic oxidation sites excluding steroid dienone is 2. The summed E-state index contributed by atoms with van der Waals surface area (Å²) in [5.41, 5.74) is 3.90. The van der Waals surface area contributed by atoms with Crippen molar-refractivity contribution >= 4 is 23.0 Å². The quantitative estimate of drug-likeness (QED) is 0.573. The topological polar surface area (TPSA) is 99.0 Å². The van der Waals surface area contributed by atoms with Gasteiger partial charge in [0.2, 0.25) is 0 Å². The summed E-state index contributed by atoms with van der Waals surface area (Å²) in [6.45, 7) is 14.1. The Kier molecular flexibility index (Phi) is 8.13. The fourth-order valence-electron chi connectivity index (χ4n) is 4.79. The number of benzene rings is 1. The van der Waals surface area contributed by atoms with Crippen LogP contribution >= 0.6 is 0 Å². The van der Waals surface area contributed by atoms with E-state index in [0.29, 0.717) is 13.2 Å². The van der Waals surface area contributed by atoms with Crippen LogP contribution in [0.5, 0.6) is 0 Å². The smallest absolute Gasteiger partial charge is 0.290 e. The van der Waals surface area contributed by atoms with Crippen LogP contribution in [0.3, 0.4) is 0 Å². The Morgan fingerprint density at radius 2 is 2.14 bits per heavy atom. The zero-order valence-corrected chi connectivity index (χ0v) is 22.0. The van der Waals surface area contributed by atoms with Gasteiger partial charge >= 0.3 is 0 Å². The number of ether oxygens (including phenoxy) is 2. The van der Waals surface area contributed by atoms with Crippen LogP contribution in [0.15, 0.2) is 29.3 Å². The van der Waals surface area contributed by atoms with E-state index in [9.17, 15) is 4.79 Å². The molecular weight excluding hydrogens is 454 g/mol. The number of amidine groups is 1. The van der Waals surface area contributed by atoms with Crippen molar-refractivity contribution in [2.75, 3.05) is 51.3 Å². The minimum atomic E-state index is -0.522. The summed E-state index contributed by atoms with van der Waals surface area (Å²) in [4.78, 5) is 19.5. The molecule has 0 bridgehead atoms. The molecule has 1 saturated heterocycles. The van der Waals surface area contributed by atoms with E-state index in [1.165, 1.54) is 5.57 Å². The van der Waals surface area contributed by atoms with Crippen molar-refractivity contribution in [3.05, 3.63) is 35.4 Å². The lowest BCUT2D eigenvalue weighted by atomic mass is 9.76. The summed E-state index contributed by atoms with van der Waals surface area (Å²) < 4.78 is 11.8. The molecule has 194 valence electrons. The molecule has 36 heavy (non-hydrogen) atoms. The Morgan fingerprint density at radius 3 is 2.81 bits per heavy atom. The Balaban J connectivity index is 1.54. The van der Waals surface area contributed by atoms with Crippen LogP contribution in [-0.2, 0) is 19.9 Å². The third-order valence-electron chi connectivity index (χ3n) is 7.37. The normalized spacial score (nSPS) is 22.2. The van der Waals surface area contributed by atoms with Crippen LogP contribution in [0.2, 0.25) is 0 Å². The van der Waals surface area contributed by atoms with Crippen LogP contribution in [0, 0.1) is 16.7 Å². The van der Waals surface area contributed by atoms with Gasteiger partial charge in [-0.3, -0.25) is 9.69 Å². The minimum Gasteiger partial charge on any atom is -0.379 e. The molecule has 3 aliphatic rings. The van der Waals surface area contributed by atoms with Gasteiger partial charge in [0.05, 0.1) is 38.0 Å². The summed E-state index contributed by atoms with van der Waals surface area (Å²) in [6, 6.07) is 7.72. The van der Waals surface area contributed by atoms with Gasteiger partial charge < -0.3 is 20.1 Å². The first kappa shape index (κ1) is 26.3. The number of carbonyl (C=O) groups is 1. The van der Waals surface area contributed by atoms with E-state index in [4.69, 9.17) is 14.7 Å². The van der Waals surface area contributed by atoms with E-state index in [2.05, 4.69) is 66.4 Å². The molecule has 2 aliphatic heterocycles. The first-order valence-electron chi connectivity index (χ1n) is 13.0. The van der Waals surface area contributed by atoms with Gasteiger partial charge in [-0.05, 0) is 61.8 Å². The molecule has 0 aromatic heterocycles. The molecule has 8 nitrogen and oxygen atoms in total. The maximum atomic E-state index is 12.9. The Morgan fingerprint density at radius 1 is 1.36 bits per heavy atom. The molecule has 1 aliphatic carbocycles. The van der Waals surface area contributed by atoms with E-state index in [-0.39, 0.29) is 17.2 Å². The lowest BCUT2D eigenvalue weighted by Gasteiger charge is -2.32. The molecular formula is C28H39N5O3. The lowest BCUT2D eigenvalue weighted by molar-refractivity contribution is -0.110. The van der Waals surface area contributed by atoms with E-state index >= 15 is 0 Å². The molecule has 0 spiro atoms. The van der Waals surface area contributed by atoms with Crippen molar-refractivity contribution in [1.29, 1.82) is 5.26 Å². The Bertz CT molecular complexity index is 1060. The number of carbonyl (C=O) groups excluding carboxylic acids is 1. The van der Waals surface area contributed by atoms with Gasteiger partial charge in [0.1, 0.15) is 0 Å². The molecule has 1 amide bonds. The second kappa shape index (κ2) is 11.1. The highest BCUT2D eigenvalue weighted by Gasteiger charge is 2.28. The summed E-state index contributed by atoms with van der Waals surface area (Å²) in [7, 11) is 0. The molecule has 2 N–H and O–H groups in total. The van der Waals surface area contributed by atoms with Crippen LogP contribution in [0.4, 0.5) is 5.69 Å². The maximum Gasteiger partial charge on any atom is 0.290 e. The summed E-state index contributed by atoms with van der Waals surface area (Å²) in [5.74, 6) is -0.110. The van der Waals surface area contributed by atoms with Crippen molar-refractivity contribution in [2.24, 2.45) is 10.4 Å². The molecule has 2 heterocycles. The zero-order valence-electron chi connectivity index (χ0n) is 22.0. The molecule has 1 fully saturated rings. The number of nitrogens with one attached hydrogen (secondary N) is 2. The van der Waals surface area contributed by atoms with Gasteiger partial charge in [0.25, 0.3) is 5.91 Å². The number of morpholine rings is 1. The number of amides is 1. The summed E-state index contributed by atoms with van der Waals surface area (Å²) >= 11 is 0.